The van der Waals surface area contributed by atoms with E-state index in [0.717, 1.165) is 19.3 Å². The lowest BCUT2D eigenvalue weighted by Gasteiger charge is -2.36. The van der Waals surface area contributed by atoms with Crippen LogP contribution in [0.5, 0.6) is 0 Å². The van der Waals surface area contributed by atoms with Crippen LogP contribution >= 0.6 is 0 Å². The van der Waals surface area contributed by atoms with Gasteiger partial charge in [0.15, 0.2) is 11.2 Å². The van der Waals surface area contributed by atoms with Crippen LogP contribution < -0.4 is 11.2 Å². The van der Waals surface area contributed by atoms with Crippen molar-refractivity contribution in [3.63, 3.8) is 0 Å². The molecule has 22 heavy (non-hydrogen) atoms. The number of aromatic nitrogens is 4. The van der Waals surface area contributed by atoms with Gasteiger partial charge in [-0.3, -0.25) is 13.9 Å². The van der Waals surface area contributed by atoms with E-state index in [1.54, 1.807) is 25.0 Å². The van der Waals surface area contributed by atoms with Crippen molar-refractivity contribution in [2.45, 2.75) is 32.7 Å². The quantitative estimate of drug-likeness (QED) is 0.834. The van der Waals surface area contributed by atoms with Crippen LogP contribution in [0.1, 0.15) is 26.2 Å². The van der Waals surface area contributed by atoms with Crippen molar-refractivity contribution in [2.75, 3.05) is 13.2 Å². The highest BCUT2D eigenvalue weighted by Gasteiger charge is 2.33. The Morgan fingerprint density at radius 3 is 2.59 bits per heavy atom. The van der Waals surface area contributed by atoms with Crippen molar-refractivity contribution in [3.8, 4) is 0 Å². The summed E-state index contributed by atoms with van der Waals surface area (Å²) in [5.74, 6) is 0. The lowest BCUT2D eigenvalue weighted by atomic mass is 9.78. The lowest BCUT2D eigenvalue weighted by Crippen LogP contribution is -2.45. The molecule has 1 aliphatic rings. The minimum atomic E-state index is -0.296. The molecule has 0 aliphatic carbocycles. The molecule has 0 spiro atoms. The van der Waals surface area contributed by atoms with E-state index in [-0.39, 0.29) is 16.7 Å². The van der Waals surface area contributed by atoms with E-state index in [0.29, 0.717) is 30.9 Å². The number of rotatable bonds is 3. The van der Waals surface area contributed by atoms with E-state index >= 15 is 0 Å². The molecule has 120 valence electrons. The molecule has 3 rings (SSSR count). The van der Waals surface area contributed by atoms with Crippen molar-refractivity contribution >= 4 is 11.2 Å². The Kier molecular flexibility index (Phi) is 3.68. The van der Waals surface area contributed by atoms with Crippen LogP contribution in [0.4, 0.5) is 0 Å². The molecule has 0 amide bonds. The van der Waals surface area contributed by atoms with Crippen LogP contribution in [0, 0.1) is 5.41 Å². The van der Waals surface area contributed by atoms with E-state index < -0.39 is 0 Å². The Bertz CT molecular complexity index is 809. The number of hydrogen-bond donors (Lipinski definition) is 0. The van der Waals surface area contributed by atoms with Crippen molar-refractivity contribution in [1.29, 1.82) is 0 Å². The van der Waals surface area contributed by atoms with Gasteiger partial charge in [-0.1, -0.05) is 6.92 Å². The zero-order valence-corrected chi connectivity index (χ0v) is 13.3. The second kappa shape index (κ2) is 5.39. The third-order valence-electron chi connectivity index (χ3n) is 5.00. The Labute approximate surface area is 128 Å². The van der Waals surface area contributed by atoms with Gasteiger partial charge in [-0.15, -0.1) is 0 Å². The number of nitrogens with zero attached hydrogens (tertiary/aromatic N) is 4. The van der Waals surface area contributed by atoms with Gasteiger partial charge in [-0.25, -0.2) is 9.78 Å². The summed E-state index contributed by atoms with van der Waals surface area (Å²) in [5.41, 5.74) is 0.320. The van der Waals surface area contributed by atoms with Gasteiger partial charge in [-0.2, -0.15) is 0 Å². The summed E-state index contributed by atoms with van der Waals surface area (Å²) in [7, 11) is 3.44. The standard InChI is InChI=1S/C15H22N4O3/c1-4-15(5-7-22-8-6-15)9-19-13(20)11-12(16-10-17(11)2)18(3)14(19)21/h10H,4-9H2,1-3H3. The van der Waals surface area contributed by atoms with E-state index in [9.17, 15) is 9.59 Å². The smallest absolute Gasteiger partial charge is 0.332 e. The summed E-state index contributed by atoms with van der Waals surface area (Å²) in [5, 5.41) is 0. The molecule has 0 radical (unpaired) electrons. The summed E-state index contributed by atoms with van der Waals surface area (Å²) < 4.78 is 9.95. The zero-order valence-electron chi connectivity index (χ0n) is 13.3. The molecule has 1 aliphatic heterocycles. The van der Waals surface area contributed by atoms with Gasteiger partial charge in [0.25, 0.3) is 5.56 Å². The molecule has 2 aromatic rings. The Morgan fingerprint density at radius 1 is 1.27 bits per heavy atom. The van der Waals surface area contributed by atoms with Gasteiger partial charge in [-0.05, 0) is 24.7 Å². The molecule has 0 saturated carbocycles. The summed E-state index contributed by atoms with van der Waals surface area (Å²) in [4.78, 5) is 29.5. The van der Waals surface area contributed by atoms with E-state index in [2.05, 4.69) is 11.9 Å². The minimum Gasteiger partial charge on any atom is -0.381 e. The fourth-order valence-corrected chi connectivity index (χ4v) is 3.30. The molecular weight excluding hydrogens is 284 g/mol. The summed E-state index contributed by atoms with van der Waals surface area (Å²) >= 11 is 0. The SMILES string of the molecule is CCC1(Cn2c(=O)c3c(ncn3C)n(C)c2=O)CCOCC1. The number of ether oxygens (including phenoxy) is 1. The molecule has 1 fully saturated rings. The average molecular weight is 306 g/mol. The summed E-state index contributed by atoms with van der Waals surface area (Å²) in [6.45, 7) is 3.94. The van der Waals surface area contributed by atoms with Crippen molar-refractivity contribution in [2.24, 2.45) is 19.5 Å². The van der Waals surface area contributed by atoms with Crippen LogP contribution in [0.3, 0.4) is 0 Å². The molecule has 7 nitrogen and oxygen atoms in total. The molecule has 0 atom stereocenters. The Morgan fingerprint density at radius 2 is 1.95 bits per heavy atom. The number of aryl methyl sites for hydroxylation is 2. The minimum absolute atomic E-state index is 0.0412. The van der Waals surface area contributed by atoms with Gasteiger partial charge in [0.2, 0.25) is 0 Å². The molecular formula is C15H22N4O3. The number of hydrogen-bond acceptors (Lipinski definition) is 4. The maximum Gasteiger partial charge on any atom is 0.332 e. The Hall–Kier alpha value is -1.89. The topological polar surface area (TPSA) is 71.0 Å². The zero-order chi connectivity index (χ0) is 15.9. The van der Waals surface area contributed by atoms with Crippen molar-refractivity contribution < 1.29 is 4.74 Å². The molecule has 7 heteroatoms. The Balaban J connectivity index is 2.16. The lowest BCUT2D eigenvalue weighted by molar-refractivity contribution is 0.00226. The second-order valence-electron chi connectivity index (χ2n) is 6.23. The van der Waals surface area contributed by atoms with Crippen LogP contribution in [-0.4, -0.2) is 31.9 Å². The van der Waals surface area contributed by atoms with Gasteiger partial charge in [0, 0.05) is 33.9 Å². The van der Waals surface area contributed by atoms with Crippen molar-refractivity contribution in [1.82, 2.24) is 18.7 Å². The van der Waals surface area contributed by atoms with Crippen LogP contribution in [0.15, 0.2) is 15.9 Å². The molecule has 0 bridgehead atoms. The average Bonchev–Trinajstić information content (AvgIpc) is 2.92. The number of fused-ring (bicyclic) bond motifs is 1. The summed E-state index contributed by atoms with van der Waals surface area (Å²) in [6, 6.07) is 0. The van der Waals surface area contributed by atoms with Crippen LogP contribution in [0.25, 0.3) is 11.2 Å². The fourth-order valence-electron chi connectivity index (χ4n) is 3.30. The van der Waals surface area contributed by atoms with Gasteiger partial charge in [0.05, 0.1) is 6.33 Å². The van der Waals surface area contributed by atoms with Crippen molar-refractivity contribution in [3.05, 3.63) is 27.2 Å². The van der Waals surface area contributed by atoms with Gasteiger partial charge >= 0.3 is 5.69 Å². The first kappa shape index (κ1) is 15.0. The molecule has 0 unspecified atom stereocenters. The van der Waals surface area contributed by atoms with E-state index in [4.69, 9.17) is 4.74 Å². The highest BCUT2D eigenvalue weighted by Crippen LogP contribution is 2.35. The molecule has 2 aromatic heterocycles. The van der Waals surface area contributed by atoms with Crippen LogP contribution in [-0.2, 0) is 25.4 Å². The first-order valence-corrected chi connectivity index (χ1v) is 7.68. The number of imidazole rings is 1. The van der Waals surface area contributed by atoms with E-state index in [1.807, 2.05) is 0 Å². The monoisotopic (exact) mass is 306 g/mol. The van der Waals surface area contributed by atoms with Crippen LogP contribution in [0.2, 0.25) is 0 Å². The molecule has 0 aromatic carbocycles. The maximum absolute atomic E-state index is 12.8. The van der Waals surface area contributed by atoms with Gasteiger partial charge < -0.3 is 9.30 Å². The van der Waals surface area contributed by atoms with E-state index in [1.165, 1.54) is 9.13 Å². The normalized spacial score (nSPS) is 18.0. The highest BCUT2D eigenvalue weighted by atomic mass is 16.5. The predicted octanol–water partition coefficient (Wildman–Crippen LogP) is 0.640. The summed E-state index contributed by atoms with van der Waals surface area (Å²) in [6.07, 6.45) is 4.25. The van der Waals surface area contributed by atoms with Gasteiger partial charge in [0.1, 0.15) is 0 Å². The predicted molar refractivity (Wildman–Crippen MR) is 83.0 cm³/mol. The first-order valence-electron chi connectivity index (χ1n) is 7.68. The maximum atomic E-state index is 12.8. The third-order valence-corrected chi connectivity index (χ3v) is 5.00. The molecule has 1 saturated heterocycles. The second-order valence-corrected chi connectivity index (χ2v) is 6.23. The largest absolute Gasteiger partial charge is 0.381 e. The molecule has 3 heterocycles. The first-order chi connectivity index (χ1) is 10.5. The third kappa shape index (κ3) is 2.20. The highest BCUT2D eigenvalue weighted by molar-refractivity contribution is 5.69. The fraction of sp³-hybridized carbons (Fsp3) is 0.667. The molecule has 0 N–H and O–H groups in total.